The number of ketones is 1. The third kappa shape index (κ3) is 2.44. The minimum atomic E-state index is -0.537. The van der Waals surface area contributed by atoms with E-state index in [2.05, 4.69) is 6.58 Å². The summed E-state index contributed by atoms with van der Waals surface area (Å²) in [5, 5.41) is 10.5. The molecule has 0 aliphatic rings. The Morgan fingerprint density at radius 2 is 2.31 bits per heavy atom. The molecule has 0 atom stereocenters. The van der Waals surface area contributed by atoms with Crippen molar-refractivity contribution < 1.29 is 14.5 Å². The van der Waals surface area contributed by atoms with Crippen LogP contribution in [0.3, 0.4) is 0 Å². The lowest BCUT2D eigenvalue weighted by Crippen LogP contribution is -2.01. The number of rotatable bonds is 5. The van der Waals surface area contributed by atoms with Crippen LogP contribution < -0.4 is 4.74 Å². The molecule has 0 heterocycles. The van der Waals surface area contributed by atoms with Crippen LogP contribution in [0.2, 0.25) is 0 Å². The number of hydrogen-bond donors (Lipinski definition) is 0. The van der Waals surface area contributed by atoms with Crippen molar-refractivity contribution in [2.45, 2.75) is 6.42 Å². The van der Waals surface area contributed by atoms with Gasteiger partial charge in [-0.1, -0.05) is 6.08 Å². The maximum Gasteiger partial charge on any atom is 0.273 e. The van der Waals surface area contributed by atoms with Crippen molar-refractivity contribution in [3.05, 3.63) is 46.5 Å². The number of allylic oxidation sites excluding steroid dienone is 1. The number of carbonyl (C=O) groups is 1. The Hall–Kier alpha value is -2.17. The molecule has 0 fully saturated rings. The average Bonchev–Trinajstić information content (AvgIpc) is 2.28. The van der Waals surface area contributed by atoms with Gasteiger partial charge >= 0.3 is 0 Å². The lowest BCUT2D eigenvalue weighted by Gasteiger charge is -2.05. The average molecular weight is 221 g/mol. The highest BCUT2D eigenvalue weighted by Crippen LogP contribution is 2.25. The Morgan fingerprint density at radius 1 is 1.62 bits per heavy atom. The van der Waals surface area contributed by atoms with E-state index in [0.717, 1.165) is 0 Å². The second-order valence-corrected chi connectivity index (χ2v) is 3.06. The number of benzene rings is 1. The number of nitro groups is 1. The third-order valence-electron chi connectivity index (χ3n) is 2.03. The van der Waals surface area contributed by atoms with Crippen molar-refractivity contribution in [3.8, 4) is 5.75 Å². The van der Waals surface area contributed by atoms with Gasteiger partial charge in [-0.15, -0.1) is 6.58 Å². The van der Waals surface area contributed by atoms with Crippen LogP contribution in [0.25, 0.3) is 0 Å². The fourth-order valence-electron chi connectivity index (χ4n) is 1.26. The summed E-state index contributed by atoms with van der Waals surface area (Å²) < 4.78 is 4.94. The second-order valence-electron chi connectivity index (χ2n) is 3.06. The van der Waals surface area contributed by atoms with Crippen LogP contribution in [0.15, 0.2) is 30.9 Å². The monoisotopic (exact) mass is 221 g/mol. The topological polar surface area (TPSA) is 69.4 Å². The Kier molecular flexibility index (Phi) is 3.77. The van der Waals surface area contributed by atoms with Gasteiger partial charge in [-0.25, -0.2) is 0 Å². The number of non-ortho nitro benzene ring substituents is 1. The summed E-state index contributed by atoms with van der Waals surface area (Å²) in [4.78, 5) is 21.6. The first kappa shape index (κ1) is 11.9. The molecule has 0 N–H and O–H groups in total. The van der Waals surface area contributed by atoms with Crippen molar-refractivity contribution in [2.75, 3.05) is 7.11 Å². The molecule has 1 aromatic carbocycles. The molecule has 0 saturated heterocycles. The van der Waals surface area contributed by atoms with Crippen molar-refractivity contribution in [3.63, 3.8) is 0 Å². The zero-order valence-electron chi connectivity index (χ0n) is 8.80. The summed E-state index contributed by atoms with van der Waals surface area (Å²) in [5.41, 5.74) is 0.222. The lowest BCUT2D eigenvalue weighted by molar-refractivity contribution is -0.384. The van der Waals surface area contributed by atoms with Crippen molar-refractivity contribution in [2.24, 2.45) is 0 Å². The number of nitro benzene ring substituents is 1. The van der Waals surface area contributed by atoms with E-state index in [0.29, 0.717) is 5.56 Å². The predicted octanol–water partition coefficient (Wildman–Crippen LogP) is 2.36. The first-order valence-corrected chi connectivity index (χ1v) is 4.56. The van der Waals surface area contributed by atoms with Gasteiger partial charge in [-0.2, -0.15) is 0 Å². The number of hydrogen-bond acceptors (Lipinski definition) is 4. The Morgan fingerprint density at radius 3 is 2.81 bits per heavy atom. The molecule has 84 valence electrons. The molecule has 16 heavy (non-hydrogen) atoms. The third-order valence-corrected chi connectivity index (χ3v) is 2.03. The fourth-order valence-corrected chi connectivity index (χ4v) is 1.26. The van der Waals surface area contributed by atoms with Gasteiger partial charge in [-0.05, 0) is 6.07 Å². The summed E-state index contributed by atoms with van der Waals surface area (Å²) in [6.45, 7) is 3.46. The van der Waals surface area contributed by atoms with Crippen LogP contribution in [0.4, 0.5) is 5.69 Å². The number of methoxy groups -OCH3 is 1. The fraction of sp³-hybridized carbons (Fsp3) is 0.182. The molecule has 0 aliphatic heterocycles. The Bertz CT molecular complexity index is 440. The van der Waals surface area contributed by atoms with Crippen LogP contribution in [0.1, 0.15) is 16.8 Å². The first-order valence-electron chi connectivity index (χ1n) is 4.56. The number of carbonyl (C=O) groups excluding carboxylic acids is 1. The van der Waals surface area contributed by atoms with E-state index in [4.69, 9.17) is 4.74 Å². The van der Waals surface area contributed by atoms with Crippen LogP contribution in [0.5, 0.6) is 5.75 Å². The molecule has 0 aromatic heterocycles. The molecular formula is C11H11NO4. The molecule has 1 aromatic rings. The maximum atomic E-state index is 11.6. The molecular weight excluding hydrogens is 210 g/mol. The molecule has 0 saturated carbocycles. The van der Waals surface area contributed by atoms with Gasteiger partial charge in [0.15, 0.2) is 5.78 Å². The SMILES string of the molecule is C=CCC(=O)c1ccc([N+](=O)[O-])cc1OC. The Labute approximate surface area is 92.5 Å². The largest absolute Gasteiger partial charge is 0.496 e. The van der Waals surface area contributed by atoms with E-state index >= 15 is 0 Å². The summed E-state index contributed by atoms with van der Waals surface area (Å²) in [6.07, 6.45) is 1.65. The van der Waals surface area contributed by atoms with Gasteiger partial charge in [0.1, 0.15) is 5.75 Å². The van der Waals surface area contributed by atoms with Gasteiger partial charge in [0.25, 0.3) is 5.69 Å². The number of Topliss-reactive ketones (excluding diaryl/α,β-unsaturated/α-hetero) is 1. The highest BCUT2D eigenvalue weighted by atomic mass is 16.6. The first-order chi connectivity index (χ1) is 7.60. The quantitative estimate of drug-likeness (QED) is 0.331. The molecule has 0 aliphatic carbocycles. The minimum Gasteiger partial charge on any atom is -0.496 e. The zero-order chi connectivity index (χ0) is 12.1. The normalized spacial score (nSPS) is 9.56. The van der Waals surface area contributed by atoms with E-state index in [1.54, 1.807) is 0 Å². The Balaban J connectivity index is 3.16. The van der Waals surface area contributed by atoms with E-state index < -0.39 is 4.92 Å². The highest BCUT2D eigenvalue weighted by Gasteiger charge is 2.15. The standard InChI is InChI=1S/C11H11NO4/c1-3-4-10(13)9-6-5-8(12(14)15)7-11(9)16-2/h3,5-7H,1,4H2,2H3. The summed E-state index contributed by atoms with van der Waals surface area (Å²) in [5.74, 6) is 0.0304. The molecule has 0 amide bonds. The van der Waals surface area contributed by atoms with Crippen molar-refractivity contribution in [1.29, 1.82) is 0 Å². The number of nitrogens with zero attached hydrogens (tertiary/aromatic N) is 1. The van der Waals surface area contributed by atoms with Gasteiger partial charge in [0.2, 0.25) is 0 Å². The lowest BCUT2D eigenvalue weighted by atomic mass is 10.1. The van der Waals surface area contributed by atoms with Gasteiger partial charge in [-0.3, -0.25) is 14.9 Å². The molecule has 5 heteroatoms. The molecule has 0 spiro atoms. The zero-order valence-corrected chi connectivity index (χ0v) is 8.80. The van der Waals surface area contributed by atoms with Crippen LogP contribution >= 0.6 is 0 Å². The minimum absolute atomic E-state index is 0.105. The summed E-state index contributed by atoms with van der Waals surface area (Å²) in [6, 6.07) is 3.90. The summed E-state index contributed by atoms with van der Waals surface area (Å²) >= 11 is 0. The smallest absolute Gasteiger partial charge is 0.273 e. The number of ether oxygens (including phenoxy) is 1. The van der Waals surface area contributed by atoms with Gasteiger partial charge in [0, 0.05) is 12.5 Å². The second kappa shape index (κ2) is 5.06. The van der Waals surface area contributed by atoms with Crippen LogP contribution in [-0.2, 0) is 0 Å². The molecule has 1 rings (SSSR count). The van der Waals surface area contributed by atoms with Gasteiger partial charge in [0.05, 0.1) is 23.7 Å². The van der Waals surface area contributed by atoms with Crippen LogP contribution in [0, 0.1) is 10.1 Å². The molecule has 0 bridgehead atoms. The van der Waals surface area contributed by atoms with Crippen molar-refractivity contribution >= 4 is 11.5 Å². The van der Waals surface area contributed by atoms with Crippen LogP contribution in [-0.4, -0.2) is 17.8 Å². The van der Waals surface area contributed by atoms with E-state index in [9.17, 15) is 14.9 Å². The highest BCUT2D eigenvalue weighted by molar-refractivity contribution is 5.99. The van der Waals surface area contributed by atoms with E-state index in [1.165, 1.54) is 31.4 Å². The molecule has 0 unspecified atom stereocenters. The van der Waals surface area contributed by atoms with E-state index in [1.807, 2.05) is 0 Å². The predicted molar refractivity (Wildman–Crippen MR) is 58.8 cm³/mol. The molecule has 0 radical (unpaired) electrons. The maximum absolute atomic E-state index is 11.6. The van der Waals surface area contributed by atoms with E-state index in [-0.39, 0.29) is 23.6 Å². The van der Waals surface area contributed by atoms with Gasteiger partial charge < -0.3 is 4.74 Å². The molecule has 5 nitrogen and oxygen atoms in total. The summed E-state index contributed by atoms with van der Waals surface area (Å²) in [7, 11) is 1.36. The van der Waals surface area contributed by atoms with Crippen molar-refractivity contribution in [1.82, 2.24) is 0 Å².